The smallest absolute Gasteiger partial charge is 0.153 e. The molecule has 0 N–H and O–H groups in total. The molecule has 0 aliphatic heterocycles. The highest BCUT2D eigenvalue weighted by molar-refractivity contribution is 14.2. The van der Waals surface area contributed by atoms with Crippen LogP contribution in [-0.2, 0) is 13.5 Å². The number of pyridine rings is 1. The van der Waals surface area contributed by atoms with Gasteiger partial charge in [-0.25, -0.2) is 4.98 Å². The van der Waals surface area contributed by atoms with Gasteiger partial charge in [0.2, 0.25) is 0 Å². The van der Waals surface area contributed by atoms with Crippen LogP contribution in [-0.4, -0.2) is 18.7 Å². The van der Waals surface area contributed by atoms with Gasteiger partial charge in [-0.3, -0.25) is 8.65 Å². The van der Waals surface area contributed by atoms with Crippen molar-refractivity contribution in [3.63, 3.8) is 0 Å². The van der Waals surface area contributed by atoms with E-state index >= 15 is 0 Å². The summed E-state index contributed by atoms with van der Waals surface area (Å²) in [6.45, 7) is 4.35. The Labute approximate surface area is 121 Å². The molecule has 0 fully saturated rings. The van der Waals surface area contributed by atoms with E-state index in [0.717, 1.165) is 17.5 Å². The Kier molecular flexibility index (Phi) is 3.01. The molecular formula is C12H13IN4S. The standard InChI is InChI=1S/C12H13IN4S/c1-4-9-7(2)17(18-13)12-10(9)11-8(5-14-12)6-15-16(11)3/h5-6H,4H2,1-3H3. The minimum Gasteiger partial charge on any atom is -0.267 e. The summed E-state index contributed by atoms with van der Waals surface area (Å²) in [4.78, 5) is 4.61. The Morgan fingerprint density at radius 2 is 2.17 bits per heavy atom. The number of halogens is 1. The predicted molar refractivity (Wildman–Crippen MR) is 85.1 cm³/mol. The average molecular weight is 372 g/mol. The van der Waals surface area contributed by atoms with Crippen molar-refractivity contribution >= 4 is 52.3 Å². The molecule has 0 spiro atoms. The van der Waals surface area contributed by atoms with Gasteiger partial charge in [-0.15, -0.1) is 0 Å². The number of nitrogens with zero attached hydrogens (tertiary/aromatic N) is 4. The molecule has 0 aliphatic rings. The first-order valence-electron chi connectivity index (χ1n) is 5.78. The second-order valence-electron chi connectivity index (χ2n) is 4.31. The third-order valence-electron chi connectivity index (χ3n) is 3.41. The van der Waals surface area contributed by atoms with Gasteiger partial charge >= 0.3 is 0 Å². The van der Waals surface area contributed by atoms with Crippen LogP contribution in [0.2, 0.25) is 0 Å². The number of aryl methyl sites for hydroxylation is 2. The summed E-state index contributed by atoms with van der Waals surface area (Å²) in [6.07, 6.45) is 4.80. The molecule has 0 atom stereocenters. The monoisotopic (exact) mass is 372 g/mol. The molecule has 6 heteroatoms. The van der Waals surface area contributed by atoms with Crippen LogP contribution >= 0.6 is 30.3 Å². The highest BCUT2D eigenvalue weighted by Crippen LogP contribution is 2.35. The molecule has 0 aliphatic carbocycles. The first-order chi connectivity index (χ1) is 8.69. The van der Waals surface area contributed by atoms with Crippen molar-refractivity contribution in [3.8, 4) is 0 Å². The van der Waals surface area contributed by atoms with E-state index in [1.54, 1.807) is 9.12 Å². The van der Waals surface area contributed by atoms with Crippen LogP contribution in [0.25, 0.3) is 21.9 Å². The Balaban J connectivity index is 2.60. The summed E-state index contributed by atoms with van der Waals surface area (Å²) >= 11 is 2.30. The topological polar surface area (TPSA) is 35.6 Å². The third-order valence-corrected chi connectivity index (χ3v) is 5.18. The predicted octanol–water partition coefficient (Wildman–Crippen LogP) is 3.64. The molecule has 0 aromatic carbocycles. The van der Waals surface area contributed by atoms with E-state index in [1.165, 1.54) is 22.2 Å². The van der Waals surface area contributed by atoms with Crippen LogP contribution in [0.5, 0.6) is 0 Å². The van der Waals surface area contributed by atoms with Crippen molar-refractivity contribution in [2.75, 3.05) is 0 Å². The molecule has 0 radical (unpaired) electrons. The molecule has 3 rings (SSSR count). The second kappa shape index (κ2) is 4.41. The maximum absolute atomic E-state index is 4.61. The van der Waals surface area contributed by atoms with E-state index in [0.29, 0.717) is 0 Å². The van der Waals surface area contributed by atoms with Crippen molar-refractivity contribution in [3.05, 3.63) is 23.7 Å². The van der Waals surface area contributed by atoms with Crippen LogP contribution in [0.15, 0.2) is 12.4 Å². The molecule has 3 aromatic rings. The van der Waals surface area contributed by atoms with Crippen molar-refractivity contribution in [1.82, 2.24) is 18.7 Å². The fraction of sp³-hybridized carbons (Fsp3) is 0.333. The molecule has 3 aromatic heterocycles. The van der Waals surface area contributed by atoms with E-state index in [2.05, 4.69) is 49.1 Å². The molecule has 0 saturated carbocycles. The summed E-state index contributed by atoms with van der Waals surface area (Å²) in [7, 11) is 3.66. The van der Waals surface area contributed by atoms with E-state index in [9.17, 15) is 0 Å². The van der Waals surface area contributed by atoms with Gasteiger partial charge < -0.3 is 0 Å². The molecule has 0 saturated heterocycles. The highest BCUT2D eigenvalue weighted by Gasteiger charge is 2.18. The van der Waals surface area contributed by atoms with Gasteiger partial charge in [0.1, 0.15) is 0 Å². The van der Waals surface area contributed by atoms with Gasteiger partial charge in [0.25, 0.3) is 0 Å². The quantitative estimate of drug-likeness (QED) is 0.645. The van der Waals surface area contributed by atoms with Gasteiger partial charge in [-0.05, 0) is 18.9 Å². The molecule has 0 unspecified atom stereocenters. The molecule has 0 amide bonds. The number of rotatable bonds is 2. The zero-order chi connectivity index (χ0) is 12.9. The Bertz CT molecular complexity index is 744. The largest absolute Gasteiger partial charge is 0.267 e. The normalized spacial score (nSPS) is 11.8. The van der Waals surface area contributed by atoms with Crippen molar-refractivity contribution in [2.24, 2.45) is 7.05 Å². The summed E-state index contributed by atoms with van der Waals surface area (Å²) in [5.74, 6) is 0. The van der Waals surface area contributed by atoms with Crippen LogP contribution < -0.4 is 0 Å². The molecule has 4 nitrogen and oxygen atoms in total. The fourth-order valence-corrected chi connectivity index (χ4v) is 4.43. The fourth-order valence-electron chi connectivity index (χ4n) is 2.57. The lowest BCUT2D eigenvalue weighted by atomic mass is 10.1. The summed E-state index contributed by atoms with van der Waals surface area (Å²) in [6, 6.07) is 0. The maximum atomic E-state index is 4.61. The van der Waals surface area contributed by atoms with E-state index < -0.39 is 0 Å². The SMILES string of the molecule is CCc1c(C)n(SI)c2ncc3cnn(C)c3c12. The first-order valence-corrected chi connectivity index (χ1v) is 9.10. The lowest BCUT2D eigenvalue weighted by Crippen LogP contribution is -1.91. The molecular weight excluding hydrogens is 359 g/mol. The van der Waals surface area contributed by atoms with Crippen LogP contribution in [0.1, 0.15) is 18.2 Å². The van der Waals surface area contributed by atoms with E-state index in [-0.39, 0.29) is 0 Å². The van der Waals surface area contributed by atoms with E-state index in [1.807, 2.05) is 24.1 Å². The molecule has 94 valence electrons. The highest BCUT2D eigenvalue weighted by atomic mass is 127. The van der Waals surface area contributed by atoms with Gasteiger partial charge in [0.05, 0.1) is 11.7 Å². The van der Waals surface area contributed by atoms with Crippen molar-refractivity contribution in [2.45, 2.75) is 20.3 Å². The number of hydrogen-bond donors (Lipinski definition) is 0. The maximum Gasteiger partial charge on any atom is 0.153 e. The van der Waals surface area contributed by atoms with Gasteiger partial charge in [0, 0.05) is 60.0 Å². The minimum atomic E-state index is 1.01. The van der Waals surface area contributed by atoms with Gasteiger partial charge in [-0.2, -0.15) is 5.10 Å². The molecule has 18 heavy (non-hydrogen) atoms. The first kappa shape index (κ1) is 12.3. The molecule has 3 heterocycles. The van der Waals surface area contributed by atoms with Gasteiger partial charge in [-0.1, -0.05) is 6.92 Å². The van der Waals surface area contributed by atoms with Crippen LogP contribution in [0.4, 0.5) is 0 Å². The lowest BCUT2D eigenvalue weighted by molar-refractivity contribution is 0.799. The Hall–Kier alpha value is -0.760. The van der Waals surface area contributed by atoms with E-state index in [4.69, 9.17) is 0 Å². The summed E-state index contributed by atoms with van der Waals surface area (Å²) in [5, 5.41) is 6.70. The lowest BCUT2D eigenvalue weighted by Gasteiger charge is -2.00. The number of hydrogen-bond acceptors (Lipinski definition) is 3. The molecule has 0 bridgehead atoms. The summed E-state index contributed by atoms with van der Waals surface area (Å²) < 4.78 is 4.14. The zero-order valence-electron chi connectivity index (χ0n) is 10.4. The number of fused-ring (bicyclic) bond motifs is 3. The Morgan fingerprint density at radius 1 is 1.39 bits per heavy atom. The van der Waals surface area contributed by atoms with Crippen molar-refractivity contribution < 1.29 is 0 Å². The third kappa shape index (κ3) is 1.51. The summed E-state index contributed by atoms with van der Waals surface area (Å²) in [5.41, 5.74) is 4.88. The van der Waals surface area contributed by atoms with Crippen molar-refractivity contribution in [1.29, 1.82) is 0 Å². The second-order valence-corrected chi connectivity index (χ2v) is 5.99. The Morgan fingerprint density at radius 3 is 2.83 bits per heavy atom. The zero-order valence-corrected chi connectivity index (χ0v) is 13.4. The van der Waals surface area contributed by atoms with Crippen LogP contribution in [0.3, 0.4) is 0 Å². The van der Waals surface area contributed by atoms with Crippen LogP contribution in [0, 0.1) is 6.92 Å². The number of aromatic nitrogens is 4. The average Bonchev–Trinajstić information content (AvgIpc) is 2.87. The minimum absolute atomic E-state index is 1.01. The van der Waals surface area contributed by atoms with Gasteiger partial charge in [0.15, 0.2) is 5.65 Å².